The first-order chi connectivity index (χ1) is 12.6. The number of rotatable bonds is 5. The van der Waals surface area contributed by atoms with Gasteiger partial charge < -0.3 is 9.30 Å². The van der Waals surface area contributed by atoms with E-state index in [9.17, 15) is 8.78 Å². The van der Waals surface area contributed by atoms with Crippen LogP contribution in [0.3, 0.4) is 0 Å². The molecule has 0 spiro atoms. The number of hydrogen-bond acceptors (Lipinski definition) is 4. The Morgan fingerprint density at radius 1 is 1.23 bits per heavy atom. The molecule has 0 N–H and O–H groups in total. The Hall–Kier alpha value is -2.38. The van der Waals surface area contributed by atoms with Crippen LogP contribution in [0.5, 0.6) is 0 Å². The van der Waals surface area contributed by atoms with Crippen LogP contribution >= 0.6 is 0 Å². The van der Waals surface area contributed by atoms with E-state index < -0.39 is 12.3 Å². The lowest BCUT2D eigenvalue weighted by atomic mass is 10.2. The highest BCUT2D eigenvalue weighted by atomic mass is 19.1. The second-order valence-corrected chi connectivity index (χ2v) is 6.60. The van der Waals surface area contributed by atoms with Crippen molar-refractivity contribution in [2.75, 3.05) is 13.1 Å². The molecule has 0 radical (unpaired) electrons. The van der Waals surface area contributed by atoms with Gasteiger partial charge in [-0.2, -0.15) is 0 Å². The first-order valence-corrected chi connectivity index (χ1v) is 8.58. The molecule has 26 heavy (non-hydrogen) atoms. The van der Waals surface area contributed by atoms with Crippen molar-refractivity contribution in [1.82, 2.24) is 19.4 Å². The monoisotopic (exact) mass is 358 g/mol. The van der Waals surface area contributed by atoms with Crippen LogP contribution in [0.25, 0.3) is 11.0 Å². The van der Waals surface area contributed by atoms with Crippen LogP contribution in [-0.4, -0.2) is 44.8 Å². The molecule has 136 valence electrons. The van der Waals surface area contributed by atoms with Crippen LogP contribution < -0.4 is 0 Å². The third-order valence-electron chi connectivity index (χ3n) is 4.83. The van der Waals surface area contributed by atoms with Gasteiger partial charge in [0.25, 0.3) is 0 Å². The summed E-state index contributed by atoms with van der Waals surface area (Å²) in [4.78, 5) is 10.1. The summed E-state index contributed by atoms with van der Waals surface area (Å²) in [5.74, 6) is 0.393. The fourth-order valence-electron chi connectivity index (χ4n) is 3.37. The minimum atomic E-state index is -1.10. The second kappa shape index (κ2) is 7.09. The van der Waals surface area contributed by atoms with Crippen LogP contribution in [0.1, 0.15) is 11.4 Å². The van der Waals surface area contributed by atoms with Gasteiger partial charge in [0.15, 0.2) is 0 Å². The van der Waals surface area contributed by atoms with Gasteiger partial charge in [-0.15, -0.1) is 0 Å². The summed E-state index contributed by atoms with van der Waals surface area (Å²) in [5, 5.41) is 0. The van der Waals surface area contributed by atoms with Crippen molar-refractivity contribution in [3.05, 3.63) is 59.9 Å². The highest BCUT2D eigenvalue weighted by Crippen LogP contribution is 2.22. The minimum Gasteiger partial charge on any atom is -0.366 e. The van der Waals surface area contributed by atoms with Crippen molar-refractivity contribution in [2.45, 2.75) is 25.4 Å². The first kappa shape index (κ1) is 17.1. The van der Waals surface area contributed by atoms with E-state index in [1.807, 2.05) is 40.8 Å². The SMILES string of the molecule is Cn1c(COC2CN(Cc3ccncc3F)CC2F)nc2ccccc21. The average Bonchev–Trinajstić information content (AvgIpc) is 3.15. The van der Waals surface area contributed by atoms with E-state index in [-0.39, 0.29) is 19.0 Å². The maximum atomic E-state index is 14.3. The van der Waals surface area contributed by atoms with E-state index in [0.717, 1.165) is 16.9 Å². The summed E-state index contributed by atoms with van der Waals surface area (Å²) < 4.78 is 35.8. The summed E-state index contributed by atoms with van der Waals surface area (Å²) in [6.45, 7) is 1.25. The van der Waals surface area contributed by atoms with E-state index in [4.69, 9.17) is 4.74 Å². The van der Waals surface area contributed by atoms with Gasteiger partial charge >= 0.3 is 0 Å². The molecule has 0 amide bonds. The highest BCUT2D eigenvalue weighted by Gasteiger charge is 2.34. The summed E-state index contributed by atoms with van der Waals surface area (Å²) in [7, 11) is 1.92. The largest absolute Gasteiger partial charge is 0.366 e. The Morgan fingerprint density at radius 2 is 2.08 bits per heavy atom. The number of hydrogen-bond donors (Lipinski definition) is 0. The van der Waals surface area contributed by atoms with E-state index in [2.05, 4.69) is 9.97 Å². The molecule has 1 aliphatic rings. The average molecular weight is 358 g/mol. The lowest BCUT2D eigenvalue weighted by Gasteiger charge is -2.16. The predicted octanol–water partition coefficient (Wildman–Crippen LogP) is 2.85. The van der Waals surface area contributed by atoms with Gasteiger partial charge in [-0.25, -0.2) is 13.8 Å². The summed E-state index contributed by atoms with van der Waals surface area (Å²) >= 11 is 0. The van der Waals surface area contributed by atoms with Crippen LogP contribution in [0.4, 0.5) is 8.78 Å². The van der Waals surface area contributed by atoms with Crippen LogP contribution in [-0.2, 0) is 24.9 Å². The van der Waals surface area contributed by atoms with Crippen molar-refractivity contribution in [3.8, 4) is 0 Å². The molecule has 0 aliphatic carbocycles. The number of fused-ring (bicyclic) bond motifs is 1. The number of pyridine rings is 1. The van der Waals surface area contributed by atoms with E-state index in [0.29, 0.717) is 18.7 Å². The van der Waals surface area contributed by atoms with Gasteiger partial charge in [0, 0.05) is 38.4 Å². The quantitative estimate of drug-likeness (QED) is 0.703. The van der Waals surface area contributed by atoms with Crippen molar-refractivity contribution in [2.24, 2.45) is 7.05 Å². The van der Waals surface area contributed by atoms with E-state index in [1.54, 1.807) is 12.3 Å². The molecule has 1 saturated heterocycles. The Labute approximate surface area is 150 Å². The van der Waals surface area contributed by atoms with Gasteiger partial charge in [0.1, 0.15) is 30.5 Å². The number of benzene rings is 1. The molecule has 0 bridgehead atoms. The van der Waals surface area contributed by atoms with Crippen molar-refractivity contribution in [1.29, 1.82) is 0 Å². The summed E-state index contributed by atoms with van der Waals surface area (Å²) in [6, 6.07) is 9.45. The van der Waals surface area contributed by atoms with Crippen LogP contribution in [0, 0.1) is 5.82 Å². The van der Waals surface area contributed by atoms with Gasteiger partial charge in [0.2, 0.25) is 0 Å². The lowest BCUT2D eigenvalue weighted by molar-refractivity contribution is 0.00747. The van der Waals surface area contributed by atoms with Crippen molar-refractivity contribution >= 4 is 11.0 Å². The second-order valence-electron chi connectivity index (χ2n) is 6.60. The molecule has 0 saturated carbocycles. The number of nitrogens with zero attached hydrogens (tertiary/aromatic N) is 4. The number of aromatic nitrogens is 3. The molecule has 1 aliphatic heterocycles. The number of para-hydroxylation sites is 2. The Balaban J connectivity index is 1.39. The molecule has 2 unspecified atom stereocenters. The normalized spacial score (nSPS) is 20.9. The van der Waals surface area contributed by atoms with Gasteiger partial charge in [0.05, 0.1) is 17.2 Å². The number of alkyl halides is 1. The smallest absolute Gasteiger partial charge is 0.145 e. The number of likely N-dealkylation sites (tertiary alicyclic amines) is 1. The van der Waals surface area contributed by atoms with Crippen molar-refractivity contribution < 1.29 is 13.5 Å². The van der Waals surface area contributed by atoms with Crippen LogP contribution in [0.2, 0.25) is 0 Å². The Kier molecular flexibility index (Phi) is 4.65. The Bertz CT molecular complexity index is 913. The minimum absolute atomic E-state index is 0.231. The number of ether oxygens (including phenoxy) is 1. The maximum Gasteiger partial charge on any atom is 0.145 e. The molecule has 1 aromatic carbocycles. The number of imidazole rings is 1. The van der Waals surface area contributed by atoms with Crippen LogP contribution in [0.15, 0.2) is 42.7 Å². The van der Waals surface area contributed by atoms with Crippen molar-refractivity contribution in [3.63, 3.8) is 0 Å². The Morgan fingerprint density at radius 3 is 2.88 bits per heavy atom. The zero-order valence-electron chi connectivity index (χ0n) is 14.5. The maximum absolute atomic E-state index is 14.3. The predicted molar refractivity (Wildman–Crippen MR) is 93.7 cm³/mol. The molecule has 3 aromatic rings. The highest BCUT2D eigenvalue weighted by molar-refractivity contribution is 5.75. The van der Waals surface area contributed by atoms with Gasteiger partial charge in [-0.05, 0) is 18.2 Å². The van der Waals surface area contributed by atoms with Gasteiger partial charge in [-0.1, -0.05) is 12.1 Å². The standard InChI is InChI=1S/C19H20F2N4O/c1-24-17-5-3-2-4-16(17)23-19(24)12-26-18-11-25(10-15(18)21)9-13-6-7-22-8-14(13)20/h2-8,15,18H,9-12H2,1H3. The first-order valence-electron chi connectivity index (χ1n) is 8.58. The zero-order chi connectivity index (χ0) is 18.1. The molecule has 2 atom stereocenters. The van der Waals surface area contributed by atoms with E-state index >= 15 is 0 Å². The third-order valence-corrected chi connectivity index (χ3v) is 4.83. The number of halogens is 2. The van der Waals surface area contributed by atoms with E-state index in [1.165, 1.54) is 6.20 Å². The zero-order valence-corrected chi connectivity index (χ0v) is 14.5. The third kappa shape index (κ3) is 3.32. The molecule has 1 fully saturated rings. The summed E-state index contributed by atoms with van der Waals surface area (Å²) in [5.41, 5.74) is 2.43. The number of aryl methyl sites for hydroxylation is 1. The molecular weight excluding hydrogens is 338 g/mol. The molecule has 7 heteroatoms. The van der Waals surface area contributed by atoms with Gasteiger partial charge in [-0.3, -0.25) is 9.88 Å². The summed E-state index contributed by atoms with van der Waals surface area (Å²) in [6.07, 6.45) is 1.08. The topological polar surface area (TPSA) is 43.2 Å². The fourth-order valence-corrected chi connectivity index (χ4v) is 3.37. The molecular formula is C19H20F2N4O. The molecule has 2 aromatic heterocycles. The lowest BCUT2D eigenvalue weighted by Crippen LogP contribution is -2.25. The fraction of sp³-hybridized carbons (Fsp3) is 0.368. The molecule has 4 rings (SSSR count). The molecule has 3 heterocycles. The molecule has 5 nitrogen and oxygen atoms in total.